The maximum absolute atomic E-state index is 13.0. The van der Waals surface area contributed by atoms with Crippen LogP contribution in [0.5, 0.6) is 0 Å². The van der Waals surface area contributed by atoms with Crippen molar-refractivity contribution < 1.29 is 4.79 Å². The van der Waals surface area contributed by atoms with Gasteiger partial charge in [0.05, 0.1) is 12.5 Å². The van der Waals surface area contributed by atoms with Gasteiger partial charge in [0, 0.05) is 43.8 Å². The second-order valence-corrected chi connectivity index (χ2v) is 7.87. The molecule has 2 aromatic heterocycles. The second kappa shape index (κ2) is 7.23. The number of fused-ring (bicyclic) bond motifs is 1. The molecule has 0 spiro atoms. The lowest BCUT2D eigenvalue weighted by molar-refractivity contribution is -0.139. The zero-order chi connectivity index (χ0) is 18.9. The largest absolute Gasteiger partial charge is 0.337 e. The lowest BCUT2D eigenvalue weighted by Gasteiger charge is -2.38. The predicted molar refractivity (Wildman–Crippen MR) is 107 cm³/mol. The Labute approximate surface area is 165 Å². The monoisotopic (exact) mass is 372 g/mol. The number of rotatable bonds is 4. The number of hydrogen-bond donors (Lipinski definition) is 0. The van der Waals surface area contributed by atoms with Gasteiger partial charge < -0.3 is 9.47 Å². The Morgan fingerprint density at radius 3 is 2.79 bits per heavy atom. The third-order valence-electron chi connectivity index (χ3n) is 6.10. The first-order valence-electron chi connectivity index (χ1n) is 10.1. The minimum Gasteiger partial charge on any atom is -0.337 e. The molecular weight excluding hydrogens is 348 g/mol. The van der Waals surface area contributed by atoms with E-state index in [0.29, 0.717) is 19.0 Å². The normalized spacial score (nSPS) is 19.1. The Kier molecular flexibility index (Phi) is 4.43. The van der Waals surface area contributed by atoms with Gasteiger partial charge >= 0.3 is 0 Å². The van der Waals surface area contributed by atoms with E-state index in [2.05, 4.69) is 44.8 Å². The van der Waals surface area contributed by atoms with Gasteiger partial charge in [0.15, 0.2) is 0 Å². The Morgan fingerprint density at radius 2 is 2.00 bits per heavy atom. The summed E-state index contributed by atoms with van der Waals surface area (Å²) in [5, 5.41) is 0. The predicted octanol–water partition coefficient (Wildman–Crippen LogP) is 3.60. The van der Waals surface area contributed by atoms with Crippen LogP contribution in [0.25, 0.3) is 0 Å². The molecule has 1 fully saturated rings. The highest BCUT2D eigenvalue weighted by atomic mass is 16.2. The van der Waals surface area contributed by atoms with Crippen LogP contribution < -0.4 is 0 Å². The van der Waals surface area contributed by atoms with Crippen molar-refractivity contribution in [1.29, 1.82) is 0 Å². The van der Waals surface area contributed by atoms with E-state index < -0.39 is 0 Å². The van der Waals surface area contributed by atoms with Crippen LogP contribution in [0.3, 0.4) is 0 Å². The summed E-state index contributed by atoms with van der Waals surface area (Å²) in [6.07, 6.45) is 10.8. The molecule has 5 nitrogen and oxygen atoms in total. The molecule has 0 N–H and O–H groups in total. The fraction of sp³-hybridized carbons (Fsp3) is 0.348. The van der Waals surface area contributed by atoms with Crippen LogP contribution in [-0.4, -0.2) is 31.9 Å². The highest BCUT2D eigenvalue weighted by Gasteiger charge is 2.35. The number of nitrogens with zero attached hydrogens (tertiary/aromatic N) is 4. The number of benzene rings is 1. The van der Waals surface area contributed by atoms with Gasteiger partial charge in [-0.1, -0.05) is 36.8 Å². The molecule has 3 heterocycles. The highest BCUT2D eigenvalue weighted by molar-refractivity contribution is 5.80. The summed E-state index contributed by atoms with van der Waals surface area (Å²) in [4.78, 5) is 24.0. The molecule has 1 atom stereocenters. The van der Waals surface area contributed by atoms with Crippen molar-refractivity contribution >= 4 is 5.91 Å². The van der Waals surface area contributed by atoms with Crippen molar-refractivity contribution in [2.24, 2.45) is 5.92 Å². The van der Waals surface area contributed by atoms with Crippen LogP contribution in [0, 0.1) is 5.92 Å². The average molecular weight is 372 g/mol. The summed E-state index contributed by atoms with van der Waals surface area (Å²) in [5.41, 5.74) is 3.68. The number of hydrogen-bond acceptors (Lipinski definition) is 3. The number of aromatic nitrogens is 3. The summed E-state index contributed by atoms with van der Waals surface area (Å²) in [6.45, 7) is 2.15. The Bertz CT molecular complexity index is 977. The highest BCUT2D eigenvalue weighted by Crippen LogP contribution is 2.36. The van der Waals surface area contributed by atoms with E-state index in [1.807, 2.05) is 24.7 Å². The number of carbonyl (C=O) groups excluding carboxylic acids is 1. The molecule has 142 valence electrons. The summed E-state index contributed by atoms with van der Waals surface area (Å²) < 4.78 is 2.19. The fourth-order valence-electron chi connectivity index (χ4n) is 4.36. The van der Waals surface area contributed by atoms with E-state index >= 15 is 0 Å². The molecule has 0 radical (unpaired) electrons. The van der Waals surface area contributed by atoms with E-state index in [0.717, 1.165) is 30.8 Å². The van der Waals surface area contributed by atoms with E-state index in [1.54, 1.807) is 6.20 Å². The maximum atomic E-state index is 13.0. The van der Waals surface area contributed by atoms with Crippen LogP contribution in [0.4, 0.5) is 0 Å². The number of amides is 1. The molecule has 0 bridgehead atoms. The third kappa shape index (κ3) is 3.11. The van der Waals surface area contributed by atoms with Crippen molar-refractivity contribution in [3.8, 4) is 0 Å². The maximum Gasteiger partial charge on any atom is 0.226 e. The van der Waals surface area contributed by atoms with Gasteiger partial charge in [-0.25, -0.2) is 4.98 Å². The quantitative estimate of drug-likeness (QED) is 0.703. The van der Waals surface area contributed by atoms with Gasteiger partial charge in [0.2, 0.25) is 5.91 Å². The van der Waals surface area contributed by atoms with Crippen LogP contribution in [-0.2, 0) is 17.9 Å². The first-order valence-corrected chi connectivity index (χ1v) is 10.1. The summed E-state index contributed by atoms with van der Waals surface area (Å²) in [5.74, 6) is 1.65. The molecule has 1 saturated carbocycles. The van der Waals surface area contributed by atoms with Crippen molar-refractivity contribution in [3.63, 3.8) is 0 Å². The molecule has 1 aromatic carbocycles. The van der Waals surface area contributed by atoms with Gasteiger partial charge in [-0.2, -0.15) is 0 Å². The van der Waals surface area contributed by atoms with Crippen molar-refractivity contribution in [1.82, 2.24) is 19.4 Å². The molecule has 2 aliphatic rings. The smallest absolute Gasteiger partial charge is 0.226 e. The first kappa shape index (κ1) is 17.2. The van der Waals surface area contributed by atoms with Crippen LogP contribution in [0.15, 0.2) is 61.2 Å². The van der Waals surface area contributed by atoms with E-state index in [-0.39, 0.29) is 11.8 Å². The Balaban J connectivity index is 1.48. The van der Waals surface area contributed by atoms with E-state index in [9.17, 15) is 4.79 Å². The molecule has 5 heteroatoms. The average Bonchev–Trinajstić information content (AvgIpc) is 3.14. The van der Waals surface area contributed by atoms with Crippen LogP contribution in [0.1, 0.15) is 47.7 Å². The van der Waals surface area contributed by atoms with Gasteiger partial charge in [-0.3, -0.25) is 9.78 Å². The van der Waals surface area contributed by atoms with E-state index in [4.69, 9.17) is 4.98 Å². The van der Waals surface area contributed by atoms with Crippen molar-refractivity contribution in [2.75, 3.05) is 6.54 Å². The third-order valence-corrected chi connectivity index (χ3v) is 6.10. The first-order chi connectivity index (χ1) is 13.8. The molecule has 1 aliphatic carbocycles. The molecule has 3 aromatic rings. The van der Waals surface area contributed by atoms with Crippen LogP contribution >= 0.6 is 0 Å². The van der Waals surface area contributed by atoms with Gasteiger partial charge in [-0.15, -0.1) is 0 Å². The Hall–Kier alpha value is -2.95. The minimum absolute atomic E-state index is 0.0978. The number of carbonyl (C=O) groups is 1. The zero-order valence-corrected chi connectivity index (χ0v) is 15.9. The lowest BCUT2D eigenvalue weighted by Crippen LogP contribution is -2.43. The SMILES string of the molecule is O=C(C1CCC1)N1Cc2ccccc2C(c2nccn2Cc2cccnc2)C1. The molecule has 0 saturated heterocycles. The number of imidazole rings is 1. The topological polar surface area (TPSA) is 51.0 Å². The summed E-state index contributed by atoms with van der Waals surface area (Å²) in [6, 6.07) is 12.5. The van der Waals surface area contributed by atoms with Gasteiger partial charge in [0.1, 0.15) is 5.82 Å². The molecule has 1 unspecified atom stereocenters. The van der Waals surface area contributed by atoms with E-state index in [1.165, 1.54) is 17.5 Å². The van der Waals surface area contributed by atoms with Gasteiger partial charge in [0.25, 0.3) is 0 Å². The molecule has 1 aliphatic heterocycles. The zero-order valence-electron chi connectivity index (χ0n) is 15.9. The van der Waals surface area contributed by atoms with Crippen molar-refractivity contribution in [3.05, 3.63) is 83.7 Å². The van der Waals surface area contributed by atoms with Crippen LogP contribution in [0.2, 0.25) is 0 Å². The molecule has 28 heavy (non-hydrogen) atoms. The second-order valence-electron chi connectivity index (χ2n) is 7.87. The fourth-order valence-corrected chi connectivity index (χ4v) is 4.36. The Morgan fingerprint density at radius 1 is 1.11 bits per heavy atom. The number of pyridine rings is 1. The lowest BCUT2D eigenvalue weighted by atomic mass is 9.82. The molecule has 1 amide bonds. The van der Waals surface area contributed by atoms with Crippen molar-refractivity contribution in [2.45, 2.75) is 38.3 Å². The summed E-state index contributed by atoms with van der Waals surface area (Å²) in [7, 11) is 0. The summed E-state index contributed by atoms with van der Waals surface area (Å²) >= 11 is 0. The minimum atomic E-state index is 0.0978. The van der Waals surface area contributed by atoms with Gasteiger partial charge in [-0.05, 0) is 35.6 Å². The standard InChI is InChI=1S/C23H24N4O/c28-23(18-7-3-8-18)27-15-19-6-1-2-9-20(19)21(16-27)22-25-11-12-26(22)14-17-5-4-10-24-13-17/h1-2,4-6,9-13,18,21H,3,7-8,14-16H2. The molecular formula is C23H24N4O. The molecule has 5 rings (SSSR count).